The van der Waals surface area contributed by atoms with Gasteiger partial charge in [0.25, 0.3) is 0 Å². The standard InChI is InChI=1S/C14H18FN3O/c1-16-10-11-7-12(15)9-14(8-11)19-6-4-13-3-5-17-18(13)2/h3,5,7-9,16H,4,6,10H2,1-2H3. The van der Waals surface area contributed by atoms with Crippen molar-refractivity contribution in [2.24, 2.45) is 7.05 Å². The highest BCUT2D eigenvalue weighted by Gasteiger charge is 2.03. The number of nitrogens with one attached hydrogen (secondary N) is 1. The Balaban J connectivity index is 1.94. The summed E-state index contributed by atoms with van der Waals surface area (Å²) >= 11 is 0. The summed E-state index contributed by atoms with van der Waals surface area (Å²) in [5.74, 6) is 0.288. The van der Waals surface area contributed by atoms with Gasteiger partial charge in [0.2, 0.25) is 0 Å². The van der Waals surface area contributed by atoms with Gasteiger partial charge in [0.05, 0.1) is 6.61 Å². The molecule has 0 spiro atoms. The Kier molecular flexibility index (Phi) is 4.52. The minimum absolute atomic E-state index is 0.275. The molecule has 102 valence electrons. The van der Waals surface area contributed by atoms with Crippen molar-refractivity contribution in [3.63, 3.8) is 0 Å². The molecule has 0 bridgehead atoms. The molecule has 1 heterocycles. The van der Waals surface area contributed by atoms with Crippen molar-refractivity contribution in [2.45, 2.75) is 13.0 Å². The molecule has 4 nitrogen and oxygen atoms in total. The van der Waals surface area contributed by atoms with Gasteiger partial charge in [-0.05, 0) is 30.8 Å². The summed E-state index contributed by atoms with van der Waals surface area (Å²) in [6, 6.07) is 6.71. The summed E-state index contributed by atoms with van der Waals surface area (Å²) < 4.78 is 20.8. The SMILES string of the molecule is CNCc1cc(F)cc(OCCc2ccnn2C)c1. The minimum atomic E-state index is -0.275. The van der Waals surface area contributed by atoms with Gasteiger partial charge in [-0.1, -0.05) is 0 Å². The maximum absolute atomic E-state index is 13.4. The fourth-order valence-electron chi connectivity index (χ4n) is 1.93. The van der Waals surface area contributed by atoms with Crippen molar-refractivity contribution in [3.8, 4) is 5.75 Å². The summed E-state index contributed by atoms with van der Waals surface area (Å²) in [5, 5.41) is 7.08. The number of halogens is 1. The fraction of sp³-hybridized carbons (Fsp3) is 0.357. The van der Waals surface area contributed by atoms with Crippen LogP contribution in [0.15, 0.2) is 30.5 Å². The van der Waals surface area contributed by atoms with Crippen LogP contribution in [0.25, 0.3) is 0 Å². The molecule has 0 fully saturated rings. The smallest absolute Gasteiger partial charge is 0.127 e. The van der Waals surface area contributed by atoms with Crippen LogP contribution in [0.5, 0.6) is 5.75 Å². The predicted octanol–water partition coefficient (Wildman–Crippen LogP) is 1.90. The third kappa shape index (κ3) is 3.79. The van der Waals surface area contributed by atoms with Gasteiger partial charge in [-0.3, -0.25) is 4.68 Å². The highest BCUT2D eigenvalue weighted by Crippen LogP contribution is 2.16. The summed E-state index contributed by atoms with van der Waals surface area (Å²) in [7, 11) is 3.72. The van der Waals surface area contributed by atoms with E-state index in [9.17, 15) is 4.39 Å². The number of hydrogen-bond donors (Lipinski definition) is 1. The predicted molar refractivity (Wildman–Crippen MR) is 71.6 cm³/mol. The molecule has 1 N–H and O–H groups in total. The highest BCUT2D eigenvalue weighted by molar-refractivity contribution is 5.29. The third-order valence-electron chi connectivity index (χ3n) is 2.86. The maximum Gasteiger partial charge on any atom is 0.127 e. The molecule has 0 saturated carbocycles. The molecular formula is C14H18FN3O. The van der Waals surface area contributed by atoms with Gasteiger partial charge in [0, 0.05) is 38.0 Å². The van der Waals surface area contributed by atoms with E-state index in [1.54, 1.807) is 10.9 Å². The molecule has 1 aromatic carbocycles. The Morgan fingerprint density at radius 1 is 1.37 bits per heavy atom. The first kappa shape index (κ1) is 13.5. The first-order chi connectivity index (χ1) is 9.19. The van der Waals surface area contributed by atoms with Gasteiger partial charge in [0.1, 0.15) is 11.6 Å². The molecule has 0 atom stereocenters. The molecule has 2 aromatic rings. The summed E-state index contributed by atoms with van der Waals surface area (Å²) in [6.07, 6.45) is 2.50. The van der Waals surface area contributed by atoms with Crippen LogP contribution in [0.1, 0.15) is 11.3 Å². The van der Waals surface area contributed by atoms with Crippen molar-refractivity contribution in [1.29, 1.82) is 0 Å². The lowest BCUT2D eigenvalue weighted by Crippen LogP contribution is -2.08. The van der Waals surface area contributed by atoms with Gasteiger partial charge >= 0.3 is 0 Å². The number of aryl methyl sites for hydroxylation is 1. The van der Waals surface area contributed by atoms with E-state index in [1.165, 1.54) is 12.1 Å². The summed E-state index contributed by atoms with van der Waals surface area (Å²) in [5.41, 5.74) is 1.96. The van der Waals surface area contributed by atoms with E-state index >= 15 is 0 Å². The van der Waals surface area contributed by atoms with Crippen LogP contribution in [0.3, 0.4) is 0 Å². The topological polar surface area (TPSA) is 39.1 Å². The average Bonchev–Trinajstić information content (AvgIpc) is 2.75. The van der Waals surface area contributed by atoms with Crippen molar-refractivity contribution in [2.75, 3.05) is 13.7 Å². The molecule has 1 aromatic heterocycles. The maximum atomic E-state index is 13.4. The molecule has 2 rings (SSSR count). The highest BCUT2D eigenvalue weighted by atomic mass is 19.1. The van der Waals surface area contributed by atoms with Gasteiger partial charge in [-0.25, -0.2) is 4.39 Å². The van der Waals surface area contributed by atoms with Gasteiger partial charge < -0.3 is 10.1 Å². The average molecular weight is 263 g/mol. The molecule has 0 amide bonds. The van der Waals surface area contributed by atoms with Crippen molar-refractivity contribution < 1.29 is 9.13 Å². The lowest BCUT2D eigenvalue weighted by atomic mass is 10.2. The molecule has 0 aliphatic heterocycles. The van der Waals surface area contributed by atoms with Crippen LogP contribution in [-0.4, -0.2) is 23.4 Å². The lowest BCUT2D eigenvalue weighted by molar-refractivity contribution is 0.316. The zero-order valence-corrected chi connectivity index (χ0v) is 11.2. The number of aromatic nitrogens is 2. The third-order valence-corrected chi connectivity index (χ3v) is 2.86. The van der Waals surface area contributed by atoms with Crippen LogP contribution in [0, 0.1) is 5.82 Å². The van der Waals surface area contributed by atoms with Gasteiger partial charge in [0.15, 0.2) is 0 Å². The molecule has 0 unspecified atom stereocenters. The van der Waals surface area contributed by atoms with Crippen LogP contribution in [-0.2, 0) is 20.0 Å². The second kappa shape index (κ2) is 6.33. The zero-order chi connectivity index (χ0) is 13.7. The number of nitrogens with zero attached hydrogens (tertiary/aromatic N) is 2. The van der Waals surface area contributed by atoms with Gasteiger partial charge in [-0.15, -0.1) is 0 Å². The molecular weight excluding hydrogens is 245 g/mol. The van der Waals surface area contributed by atoms with Crippen LogP contribution >= 0.6 is 0 Å². The van der Waals surface area contributed by atoms with E-state index in [2.05, 4.69) is 10.4 Å². The Bertz CT molecular complexity index is 539. The van der Waals surface area contributed by atoms with Crippen LogP contribution in [0.2, 0.25) is 0 Å². The van der Waals surface area contributed by atoms with E-state index in [1.807, 2.05) is 26.2 Å². The van der Waals surface area contributed by atoms with Crippen molar-refractivity contribution >= 4 is 0 Å². The number of hydrogen-bond acceptors (Lipinski definition) is 3. The molecule has 5 heteroatoms. The first-order valence-electron chi connectivity index (χ1n) is 6.23. The van der Waals surface area contributed by atoms with Gasteiger partial charge in [-0.2, -0.15) is 5.10 Å². The molecule has 0 aliphatic rings. The number of benzene rings is 1. The fourth-order valence-corrected chi connectivity index (χ4v) is 1.93. The van der Waals surface area contributed by atoms with Crippen LogP contribution < -0.4 is 10.1 Å². The molecule has 0 saturated heterocycles. The van der Waals surface area contributed by atoms with E-state index in [-0.39, 0.29) is 5.82 Å². The summed E-state index contributed by atoms with van der Waals surface area (Å²) in [6.45, 7) is 1.12. The zero-order valence-electron chi connectivity index (χ0n) is 11.2. The monoisotopic (exact) mass is 263 g/mol. The number of ether oxygens (including phenoxy) is 1. The van der Waals surface area contributed by atoms with E-state index < -0.39 is 0 Å². The van der Waals surface area contributed by atoms with Crippen molar-refractivity contribution in [1.82, 2.24) is 15.1 Å². The Morgan fingerprint density at radius 3 is 2.89 bits per heavy atom. The van der Waals surface area contributed by atoms with Crippen molar-refractivity contribution in [3.05, 3.63) is 47.5 Å². The second-order valence-corrected chi connectivity index (χ2v) is 4.37. The Labute approximate surface area is 112 Å². The quantitative estimate of drug-likeness (QED) is 0.865. The first-order valence-corrected chi connectivity index (χ1v) is 6.23. The molecule has 0 aliphatic carbocycles. The Morgan fingerprint density at radius 2 is 2.21 bits per heavy atom. The largest absolute Gasteiger partial charge is 0.493 e. The van der Waals surface area contributed by atoms with E-state index in [0.717, 1.165) is 17.7 Å². The lowest BCUT2D eigenvalue weighted by Gasteiger charge is -2.09. The van der Waals surface area contributed by atoms with Crippen LogP contribution in [0.4, 0.5) is 4.39 Å². The molecule has 19 heavy (non-hydrogen) atoms. The normalized spacial score (nSPS) is 10.7. The van der Waals surface area contributed by atoms with E-state index in [4.69, 9.17) is 4.74 Å². The number of rotatable bonds is 6. The minimum Gasteiger partial charge on any atom is -0.493 e. The summed E-state index contributed by atoms with van der Waals surface area (Å²) in [4.78, 5) is 0. The molecule has 0 radical (unpaired) electrons. The second-order valence-electron chi connectivity index (χ2n) is 4.37. The van der Waals surface area contributed by atoms with E-state index in [0.29, 0.717) is 18.9 Å². The Hall–Kier alpha value is -1.88.